The summed E-state index contributed by atoms with van der Waals surface area (Å²) >= 11 is 0. The van der Waals surface area contributed by atoms with E-state index in [2.05, 4.69) is 10.3 Å². The van der Waals surface area contributed by atoms with Crippen molar-refractivity contribution in [1.82, 2.24) is 9.55 Å². The summed E-state index contributed by atoms with van der Waals surface area (Å²) in [4.78, 5) is 26.4. The van der Waals surface area contributed by atoms with E-state index in [0.717, 1.165) is 0 Å². The van der Waals surface area contributed by atoms with Gasteiger partial charge in [-0.1, -0.05) is 0 Å². The molecule has 2 aromatic rings. The maximum Gasteiger partial charge on any atom is 0.278 e. The van der Waals surface area contributed by atoms with Gasteiger partial charge in [0.05, 0.1) is 24.0 Å². The van der Waals surface area contributed by atoms with Crippen LogP contribution in [0.25, 0.3) is 0 Å². The Morgan fingerprint density at radius 1 is 1.46 bits per heavy atom. The zero-order valence-corrected chi connectivity index (χ0v) is 13.5. The Morgan fingerprint density at radius 2 is 2.15 bits per heavy atom. The number of imidazole rings is 1. The van der Waals surface area contributed by atoms with Gasteiger partial charge in [-0.05, 0) is 12.1 Å². The number of nitrogens with zero attached hydrogens (tertiary/aromatic N) is 3. The molecule has 0 bridgehead atoms. The van der Waals surface area contributed by atoms with Gasteiger partial charge in [-0.15, -0.1) is 0 Å². The maximum absolute atomic E-state index is 12.3. The molecule has 5 N–H and O–H groups in total. The summed E-state index contributed by atoms with van der Waals surface area (Å²) in [6, 6.07) is 5.32. The minimum Gasteiger partial charge on any atom is -0.394 e. The highest BCUT2D eigenvalue weighted by Gasteiger charge is 2.35. The van der Waals surface area contributed by atoms with Crippen LogP contribution in [0.4, 0.5) is 17.2 Å². The van der Waals surface area contributed by atoms with Crippen molar-refractivity contribution in [2.75, 3.05) is 17.7 Å². The number of nitrogen functional groups attached to an aromatic ring is 1. The van der Waals surface area contributed by atoms with Crippen LogP contribution in [0, 0.1) is 10.1 Å². The third-order valence-electron chi connectivity index (χ3n) is 4.08. The zero-order chi connectivity index (χ0) is 18.8. The smallest absolute Gasteiger partial charge is 0.278 e. The predicted octanol–water partition coefficient (Wildman–Crippen LogP) is 0.266. The van der Waals surface area contributed by atoms with Gasteiger partial charge in [0.25, 0.3) is 11.6 Å². The SMILES string of the molecule is Nc1c(C(=O)Nc2ccc([N+](=O)[O-])cc2)ncn1[C@H]1C[C@H](O)[C@@H](CO)O1. The number of ether oxygens (including phenoxy) is 1. The van der Waals surface area contributed by atoms with Gasteiger partial charge in [0, 0.05) is 24.2 Å². The van der Waals surface area contributed by atoms with E-state index in [-0.39, 0.29) is 30.2 Å². The molecular formula is C15H17N5O6. The quantitative estimate of drug-likeness (QED) is 0.434. The van der Waals surface area contributed by atoms with E-state index in [1.807, 2.05) is 0 Å². The van der Waals surface area contributed by atoms with Crippen LogP contribution in [-0.2, 0) is 4.74 Å². The van der Waals surface area contributed by atoms with Crippen molar-refractivity contribution in [2.45, 2.75) is 24.9 Å². The highest BCUT2D eigenvalue weighted by molar-refractivity contribution is 6.05. The molecule has 1 aliphatic rings. The van der Waals surface area contributed by atoms with Crippen molar-refractivity contribution >= 4 is 23.1 Å². The standard InChI is InChI=1S/C15H17N5O6/c16-14-13(15(23)18-8-1-3-9(4-2-8)20(24)25)17-7-19(14)12-5-10(22)11(6-21)26-12/h1-4,7,10-12,21-22H,5-6,16H2,(H,18,23)/t10-,11+,12+/m0/s1. The topological polar surface area (TPSA) is 166 Å². The fraction of sp³-hybridized carbons (Fsp3) is 0.333. The van der Waals surface area contributed by atoms with Crippen molar-refractivity contribution in [3.05, 3.63) is 46.4 Å². The van der Waals surface area contributed by atoms with Gasteiger partial charge in [0.15, 0.2) is 5.69 Å². The summed E-state index contributed by atoms with van der Waals surface area (Å²) in [5, 5.41) is 32.1. The van der Waals surface area contributed by atoms with Gasteiger partial charge in [-0.2, -0.15) is 0 Å². The van der Waals surface area contributed by atoms with Crippen LogP contribution in [0.5, 0.6) is 0 Å². The van der Waals surface area contributed by atoms with E-state index in [1.54, 1.807) is 0 Å². The molecule has 1 amide bonds. The second-order valence-electron chi connectivity index (χ2n) is 5.76. The zero-order valence-electron chi connectivity index (χ0n) is 13.5. The summed E-state index contributed by atoms with van der Waals surface area (Å²) in [6.45, 7) is -0.334. The fourth-order valence-electron chi connectivity index (χ4n) is 2.68. The molecule has 2 heterocycles. The van der Waals surface area contributed by atoms with Crippen LogP contribution in [0.3, 0.4) is 0 Å². The number of benzene rings is 1. The second kappa shape index (κ2) is 7.07. The van der Waals surface area contributed by atoms with Gasteiger partial charge in [-0.25, -0.2) is 4.98 Å². The Bertz CT molecular complexity index is 820. The first-order valence-electron chi connectivity index (χ1n) is 7.73. The number of hydrogen-bond donors (Lipinski definition) is 4. The third-order valence-corrected chi connectivity index (χ3v) is 4.08. The summed E-state index contributed by atoms with van der Waals surface area (Å²) in [6.07, 6.45) is -0.689. The normalized spacial score (nSPS) is 22.3. The second-order valence-corrected chi connectivity index (χ2v) is 5.76. The van der Waals surface area contributed by atoms with E-state index in [1.165, 1.54) is 35.2 Å². The lowest BCUT2D eigenvalue weighted by atomic mass is 10.2. The minimum atomic E-state index is -0.843. The molecule has 26 heavy (non-hydrogen) atoms. The Kier molecular flexibility index (Phi) is 4.84. The highest BCUT2D eigenvalue weighted by Crippen LogP contribution is 2.31. The van der Waals surface area contributed by atoms with E-state index in [9.17, 15) is 20.0 Å². The molecule has 0 aliphatic carbocycles. The monoisotopic (exact) mass is 363 g/mol. The number of non-ortho nitro benzene ring substituents is 1. The minimum absolute atomic E-state index is 0.0419. The predicted molar refractivity (Wildman–Crippen MR) is 89.3 cm³/mol. The molecule has 1 saturated heterocycles. The van der Waals surface area contributed by atoms with Crippen LogP contribution in [-0.4, -0.2) is 49.4 Å². The summed E-state index contributed by atoms with van der Waals surface area (Å²) in [7, 11) is 0. The van der Waals surface area contributed by atoms with E-state index in [4.69, 9.17) is 15.6 Å². The van der Waals surface area contributed by atoms with Gasteiger partial charge < -0.3 is 26.0 Å². The number of nitrogens with two attached hydrogens (primary N) is 1. The van der Waals surface area contributed by atoms with Crippen LogP contribution in [0.2, 0.25) is 0 Å². The van der Waals surface area contributed by atoms with E-state index in [0.29, 0.717) is 5.69 Å². The Labute approximate surface area is 147 Å². The number of rotatable bonds is 5. The number of carbonyl (C=O) groups is 1. The largest absolute Gasteiger partial charge is 0.394 e. The van der Waals surface area contributed by atoms with Crippen molar-refractivity contribution in [1.29, 1.82) is 0 Å². The van der Waals surface area contributed by atoms with Gasteiger partial charge in [-0.3, -0.25) is 19.5 Å². The molecule has 138 valence electrons. The number of amides is 1. The number of nitrogens with one attached hydrogen (secondary N) is 1. The molecule has 0 radical (unpaired) electrons. The number of hydrogen-bond acceptors (Lipinski definition) is 8. The van der Waals surface area contributed by atoms with Crippen molar-refractivity contribution in [3.8, 4) is 0 Å². The average molecular weight is 363 g/mol. The molecule has 1 aliphatic heterocycles. The molecule has 0 unspecified atom stereocenters. The van der Waals surface area contributed by atoms with Crippen LogP contribution >= 0.6 is 0 Å². The van der Waals surface area contributed by atoms with E-state index < -0.39 is 29.3 Å². The van der Waals surface area contributed by atoms with Crippen molar-refractivity contribution in [2.24, 2.45) is 0 Å². The first-order chi connectivity index (χ1) is 12.4. The number of carbonyl (C=O) groups excluding carboxylic acids is 1. The first-order valence-corrected chi connectivity index (χ1v) is 7.73. The molecule has 1 aromatic carbocycles. The number of anilines is 2. The molecule has 3 atom stereocenters. The summed E-state index contributed by atoms with van der Waals surface area (Å²) in [5.74, 6) is -0.549. The molecule has 11 heteroatoms. The fourth-order valence-corrected chi connectivity index (χ4v) is 2.68. The maximum atomic E-state index is 12.3. The molecule has 11 nitrogen and oxygen atoms in total. The number of nitro benzene ring substituents is 1. The lowest BCUT2D eigenvalue weighted by Crippen LogP contribution is -2.24. The lowest BCUT2D eigenvalue weighted by Gasteiger charge is -2.14. The third kappa shape index (κ3) is 3.35. The lowest BCUT2D eigenvalue weighted by molar-refractivity contribution is -0.384. The Hall–Kier alpha value is -3.02. The van der Waals surface area contributed by atoms with Crippen molar-refractivity contribution in [3.63, 3.8) is 0 Å². The number of aliphatic hydroxyl groups is 2. The first kappa shape index (κ1) is 17.8. The number of nitro groups is 1. The molecule has 1 fully saturated rings. The molecule has 0 saturated carbocycles. The number of aromatic nitrogens is 2. The summed E-state index contributed by atoms with van der Waals surface area (Å²) in [5.41, 5.74) is 6.17. The number of aliphatic hydroxyl groups excluding tert-OH is 2. The molecule has 3 rings (SSSR count). The molecule has 0 spiro atoms. The Balaban J connectivity index is 1.73. The van der Waals surface area contributed by atoms with Crippen LogP contribution < -0.4 is 11.1 Å². The summed E-state index contributed by atoms with van der Waals surface area (Å²) < 4.78 is 6.89. The Morgan fingerprint density at radius 3 is 2.73 bits per heavy atom. The van der Waals surface area contributed by atoms with Gasteiger partial charge in [0.2, 0.25) is 0 Å². The van der Waals surface area contributed by atoms with E-state index >= 15 is 0 Å². The molecular weight excluding hydrogens is 346 g/mol. The molecule has 1 aromatic heterocycles. The van der Waals surface area contributed by atoms with Gasteiger partial charge in [0.1, 0.15) is 18.1 Å². The van der Waals surface area contributed by atoms with Crippen LogP contribution in [0.1, 0.15) is 23.1 Å². The van der Waals surface area contributed by atoms with Crippen LogP contribution in [0.15, 0.2) is 30.6 Å². The van der Waals surface area contributed by atoms with Crippen molar-refractivity contribution < 1.29 is 24.7 Å². The van der Waals surface area contributed by atoms with Gasteiger partial charge >= 0.3 is 0 Å². The average Bonchev–Trinajstić information content (AvgIpc) is 3.17. The highest BCUT2D eigenvalue weighted by atomic mass is 16.6.